The molecule has 1 aliphatic rings. The van der Waals surface area contributed by atoms with Crippen LogP contribution < -0.4 is 35.3 Å². The second-order valence-corrected chi connectivity index (χ2v) is 8.47. The first-order chi connectivity index (χ1) is 18.6. The molecule has 0 radical (unpaired) electrons. The molecule has 39 heavy (non-hydrogen) atoms. The summed E-state index contributed by atoms with van der Waals surface area (Å²) in [6.07, 6.45) is -5.98. The van der Waals surface area contributed by atoms with E-state index in [1.54, 1.807) is 34.1 Å². The lowest BCUT2D eigenvalue weighted by molar-refractivity contribution is -0.274. The fraction of sp³-hybridized carbons (Fsp3) is 0.360. The Morgan fingerprint density at radius 1 is 1.00 bits per heavy atom. The second kappa shape index (κ2) is 11.7. The molecule has 4 rings (SSSR count). The van der Waals surface area contributed by atoms with Crippen molar-refractivity contribution in [2.24, 2.45) is 7.05 Å². The number of aromatic amines is 1. The zero-order chi connectivity index (χ0) is 28.2. The van der Waals surface area contributed by atoms with Crippen LogP contribution in [0, 0.1) is 0 Å². The highest BCUT2D eigenvalue weighted by molar-refractivity contribution is 5.73. The molecular weight excluding hydrogens is 525 g/mol. The summed E-state index contributed by atoms with van der Waals surface area (Å²) < 4.78 is 60.6. The highest BCUT2D eigenvalue weighted by Gasteiger charge is 2.42. The monoisotopic (exact) mass is 552 g/mol. The minimum atomic E-state index is -4.90. The van der Waals surface area contributed by atoms with Crippen LogP contribution in [0.4, 0.5) is 24.7 Å². The van der Waals surface area contributed by atoms with Crippen molar-refractivity contribution in [2.45, 2.75) is 19.3 Å². The summed E-state index contributed by atoms with van der Waals surface area (Å²) in [5, 5.41) is 9.07. The van der Waals surface area contributed by atoms with Crippen LogP contribution in [0.5, 0.6) is 17.2 Å². The SMILES string of the molecule is COc1cccc(CN2c3c(n(C)c(=O)[nH]c3=O)N(CCOCCO)C2Oc2cccc(OC(F)(F)F)c2)c1. The van der Waals surface area contributed by atoms with Crippen LogP contribution in [0.25, 0.3) is 0 Å². The number of aromatic nitrogens is 2. The highest BCUT2D eigenvalue weighted by Crippen LogP contribution is 2.38. The molecule has 2 heterocycles. The topological polar surface area (TPSA) is 118 Å². The van der Waals surface area contributed by atoms with Gasteiger partial charge in [-0.25, -0.2) is 4.79 Å². The van der Waals surface area contributed by atoms with Crippen LogP contribution in [0.15, 0.2) is 58.1 Å². The smallest absolute Gasteiger partial charge is 0.497 e. The minimum Gasteiger partial charge on any atom is -0.497 e. The van der Waals surface area contributed by atoms with Gasteiger partial charge in [0.25, 0.3) is 11.9 Å². The van der Waals surface area contributed by atoms with E-state index in [-0.39, 0.29) is 50.2 Å². The lowest BCUT2D eigenvalue weighted by Crippen LogP contribution is -2.49. The third-order valence-corrected chi connectivity index (χ3v) is 5.84. The first-order valence-electron chi connectivity index (χ1n) is 11.8. The van der Waals surface area contributed by atoms with E-state index in [1.165, 1.54) is 30.9 Å². The number of benzene rings is 2. The maximum atomic E-state index is 13.1. The number of alkyl halides is 3. The number of aliphatic hydroxyl groups excluding tert-OH is 1. The molecular formula is C25H27F3N4O7. The van der Waals surface area contributed by atoms with Crippen LogP contribution in [-0.2, 0) is 18.3 Å². The van der Waals surface area contributed by atoms with E-state index >= 15 is 0 Å². The normalized spacial score (nSPS) is 14.9. The average molecular weight is 553 g/mol. The van der Waals surface area contributed by atoms with Gasteiger partial charge in [-0.3, -0.25) is 14.3 Å². The lowest BCUT2D eigenvalue weighted by Gasteiger charge is -2.32. The Hall–Kier alpha value is -4.17. The molecule has 0 amide bonds. The number of methoxy groups -OCH3 is 1. The van der Waals surface area contributed by atoms with Crippen molar-refractivity contribution in [1.29, 1.82) is 0 Å². The van der Waals surface area contributed by atoms with E-state index in [0.717, 1.165) is 17.7 Å². The van der Waals surface area contributed by atoms with E-state index in [1.807, 2.05) is 0 Å². The van der Waals surface area contributed by atoms with Crippen molar-refractivity contribution in [3.63, 3.8) is 0 Å². The summed E-state index contributed by atoms with van der Waals surface area (Å²) in [6, 6.07) is 12.1. The molecule has 210 valence electrons. The number of hydrogen-bond donors (Lipinski definition) is 2. The number of nitrogens with zero attached hydrogens (tertiary/aromatic N) is 3. The first-order valence-corrected chi connectivity index (χ1v) is 11.8. The number of halogens is 3. The quantitative estimate of drug-likeness (QED) is 0.345. The molecule has 0 saturated carbocycles. The largest absolute Gasteiger partial charge is 0.573 e. The first kappa shape index (κ1) is 27.9. The molecule has 11 nitrogen and oxygen atoms in total. The molecule has 1 atom stereocenters. The summed E-state index contributed by atoms with van der Waals surface area (Å²) in [6.45, 7) is 0.170. The molecule has 0 saturated heterocycles. The van der Waals surface area contributed by atoms with Gasteiger partial charge < -0.3 is 33.9 Å². The summed E-state index contributed by atoms with van der Waals surface area (Å²) in [7, 11) is 2.99. The van der Waals surface area contributed by atoms with Crippen molar-refractivity contribution < 1.29 is 37.2 Å². The van der Waals surface area contributed by atoms with Gasteiger partial charge >= 0.3 is 12.1 Å². The Bertz CT molecular complexity index is 1410. The molecule has 1 aromatic heterocycles. The third-order valence-electron chi connectivity index (χ3n) is 5.84. The molecule has 1 unspecified atom stereocenters. The Balaban J connectivity index is 1.78. The molecule has 0 spiro atoms. The van der Waals surface area contributed by atoms with Crippen molar-refractivity contribution >= 4 is 11.5 Å². The number of ether oxygens (including phenoxy) is 4. The van der Waals surface area contributed by atoms with E-state index < -0.39 is 29.7 Å². The summed E-state index contributed by atoms with van der Waals surface area (Å²) in [5.74, 6) is 0.336. The molecule has 3 aromatic rings. The van der Waals surface area contributed by atoms with Gasteiger partial charge in [0, 0.05) is 26.2 Å². The predicted octanol–water partition coefficient (Wildman–Crippen LogP) is 2.18. The zero-order valence-corrected chi connectivity index (χ0v) is 21.1. The maximum absolute atomic E-state index is 13.1. The number of aliphatic hydroxyl groups is 1. The van der Waals surface area contributed by atoms with Gasteiger partial charge in [0.05, 0.1) is 26.9 Å². The number of H-pyrrole nitrogens is 1. The Morgan fingerprint density at radius 3 is 2.44 bits per heavy atom. The fourth-order valence-electron chi connectivity index (χ4n) is 4.23. The van der Waals surface area contributed by atoms with E-state index in [0.29, 0.717) is 5.75 Å². The Kier molecular flexibility index (Phi) is 8.35. The summed E-state index contributed by atoms with van der Waals surface area (Å²) in [5.41, 5.74) is -0.482. The van der Waals surface area contributed by atoms with E-state index in [9.17, 15) is 22.8 Å². The molecule has 2 N–H and O–H groups in total. The fourth-order valence-corrected chi connectivity index (χ4v) is 4.23. The van der Waals surface area contributed by atoms with Crippen LogP contribution in [0.3, 0.4) is 0 Å². The van der Waals surface area contributed by atoms with Crippen LogP contribution in [0.2, 0.25) is 0 Å². The lowest BCUT2D eigenvalue weighted by atomic mass is 10.2. The maximum Gasteiger partial charge on any atom is 0.573 e. The van der Waals surface area contributed by atoms with E-state index in [4.69, 9.17) is 19.3 Å². The van der Waals surface area contributed by atoms with Crippen LogP contribution in [-0.4, -0.2) is 60.8 Å². The van der Waals surface area contributed by atoms with Gasteiger partial charge in [0.1, 0.15) is 28.8 Å². The van der Waals surface area contributed by atoms with Crippen LogP contribution >= 0.6 is 0 Å². The van der Waals surface area contributed by atoms with Gasteiger partial charge in [-0.1, -0.05) is 18.2 Å². The Labute approximate surface area is 220 Å². The minimum absolute atomic E-state index is 0.0212. The van der Waals surface area contributed by atoms with Gasteiger partial charge in [-0.2, -0.15) is 0 Å². The number of nitrogens with one attached hydrogen (secondary N) is 1. The second-order valence-electron chi connectivity index (χ2n) is 8.47. The van der Waals surface area contributed by atoms with Crippen molar-refractivity contribution in [1.82, 2.24) is 9.55 Å². The van der Waals surface area contributed by atoms with Crippen molar-refractivity contribution in [3.8, 4) is 17.2 Å². The summed E-state index contributed by atoms with van der Waals surface area (Å²) >= 11 is 0. The van der Waals surface area contributed by atoms with Gasteiger partial charge in [-0.15, -0.1) is 13.2 Å². The molecule has 1 aliphatic heterocycles. The number of hydrogen-bond acceptors (Lipinski definition) is 9. The van der Waals surface area contributed by atoms with Crippen LogP contribution in [0.1, 0.15) is 5.56 Å². The Morgan fingerprint density at radius 2 is 1.72 bits per heavy atom. The molecule has 0 aliphatic carbocycles. The molecule has 0 fully saturated rings. The number of fused-ring (bicyclic) bond motifs is 1. The van der Waals surface area contributed by atoms with E-state index in [2.05, 4.69) is 9.72 Å². The number of anilines is 2. The van der Waals surface area contributed by atoms with Crippen molar-refractivity contribution in [3.05, 3.63) is 74.9 Å². The molecule has 0 bridgehead atoms. The standard InChI is InChI=1S/C25H27F3N4O7/c1-30-22-20(21(34)29-23(30)35)32(15-16-5-3-6-17(13-16)36-2)24(31(22)9-11-37-12-10-33)38-18-7-4-8-19(14-18)39-25(26,27)28/h3-8,13-14,24,33H,9-12,15H2,1-2H3,(H,29,34,35). The van der Waals surface area contributed by atoms with Gasteiger partial charge in [-0.05, 0) is 29.8 Å². The van der Waals surface area contributed by atoms with Crippen molar-refractivity contribution in [2.75, 3.05) is 43.3 Å². The number of rotatable bonds is 11. The molecule has 2 aromatic carbocycles. The predicted molar refractivity (Wildman–Crippen MR) is 134 cm³/mol. The van der Waals surface area contributed by atoms with Gasteiger partial charge in [0.2, 0.25) is 0 Å². The zero-order valence-electron chi connectivity index (χ0n) is 21.1. The summed E-state index contributed by atoms with van der Waals surface area (Å²) in [4.78, 5) is 31.1. The van der Waals surface area contributed by atoms with Gasteiger partial charge in [0.15, 0.2) is 0 Å². The highest BCUT2D eigenvalue weighted by atomic mass is 19.4. The average Bonchev–Trinajstić information content (AvgIpc) is 3.17. The third kappa shape index (κ3) is 6.46. The molecule has 14 heteroatoms.